The van der Waals surface area contributed by atoms with E-state index in [4.69, 9.17) is 11.6 Å². The third-order valence-electron chi connectivity index (χ3n) is 3.34. The first-order valence-electron chi connectivity index (χ1n) is 6.96. The Morgan fingerprint density at radius 3 is 2.71 bits per heavy atom. The molecule has 1 aliphatic rings. The third-order valence-corrected chi connectivity index (χ3v) is 3.71. The van der Waals surface area contributed by atoms with Gasteiger partial charge >= 0.3 is 0 Å². The van der Waals surface area contributed by atoms with Crippen LogP contribution in [0.3, 0.4) is 0 Å². The Hall–Kier alpha value is -2.07. The zero-order valence-electron chi connectivity index (χ0n) is 11.5. The zero-order valence-corrected chi connectivity index (χ0v) is 12.2. The Morgan fingerprint density at radius 2 is 2.05 bits per heavy atom. The summed E-state index contributed by atoms with van der Waals surface area (Å²) in [5.41, 5.74) is 2.25. The average molecular weight is 302 g/mol. The van der Waals surface area contributed by atoms with E-state index < -0.39 is 0 Å². The smallest absolute Gasteiger partial charge is 0.270 e. The van der Waals surface area contributed by atoms with Crippen LogP contribution in [0.25, 0.3) is 0 Å². The maximum atomic E-state index is 12.0. The molecule has 1 aliphatic carbocycles. The highest BCUT2D eigenvalue weighted by Gasteiger charge is 2.20. The van der Waals surface area contributed by atoms with Crippen molar-refractivity contribution >= 4 is 23.2 Å². The minimum Gasteiger partial charge on any atom is -0.381 e. The van der Waals surface area contributed by atoms with Gasteiger partial charge in [-0.2, -0.15) is 0 Å². The number of nitrogens with zero attached hydrogens (tertiary/aromatic N) is 1. The number of anilines is 1. The first-order chi connectivity index (χ1) is 10.2. The summed E-state index contributed by atoms with van der Waals surface area (Å²) < 4.78 is 0. The second-order valence-corrected chi connectivity index (χ2v) is 5.53. The number of carbonyl (C=O) groups excluding carboxylic acids is 1. The van der Waals surface area contributed by atoms with Crippen LogP contribution in [-0.2, 0) is 6.54 Å². The predicted octanol–water partition coefficient (Wildman–Crippen LogP) is 3.24. The molecule has 1 aromatic heterocycles. The van der Waals surface area contributed by atoms with Crippen LogP contribution in [0.2, 0.25) is 5.02 Å². The molecule has 21 heavy (non-hydrogen) atoms. The molecule has 0 atom stereocenters. The van der Waals surface area contributed by atoms with Crippen LogP contribution in [0.15, 0.2) is 42.6 Å². The number of hydrogen-bond acceptors (Lipinski definition) is 3. The molecule has 1 amide bonds. The van der Waals surface area contributed by atoms with E-state index in [0.717, 1.165) is 11.3 Å². The fourth-order valence-corrected chi connectivity index (χ4v) is 2.19. The average Bonchev–Trinajstić information content (AvgIpc) is 3.31. The van der Waals surface area contributed by atoms with Gasteiger partial charge < -0.3 is 10.6 Å². The molecule has 0 spiro atoms. The summed E-state index contributed by atoms with van der Waals surface area (Å²) in [7, 11) is 0. The van der Waals surface area contributed by atoms with E-state index in [0.29, 0.717) is 23.3 Å². The lowest BCUT2D eigenvalue weighted by Crippen LogP contribution is -2.23. The molecule has 0 unspecified atom stereocenters. The summed E-state index contributed by atoms with van der Waals surface area (Å²) in [6.45, 7) is 0.391. The Labute approximate surface area is 128 Å². The van der Waals surface area contributed by atoms with Crippen molar-refractivity contribution < 1.29 is 4.79 Å². The van der Waals surface area contributed by atoms with E-state index in [2.05, 4.69) is 15.6 Å². The normalized spacial score (nSPS) is 13.8. The SMILES string of the molecule is O=C(NCc1ccccc1Cl)c1ccc(NC2CC2)cn1. The molecular weight excluding hydrogens is 286 g/mol. The Balaban J connectivity index is 1.58. The fourth-order valence-electron chi connectivity index (χ4n) is 1.98. The van der Waals surface area contributed by atoms with Gasteiger partial charge in [0, 0.05) is 17.6 Å². The van der Waals surface area contributed by atoms with E-state index in [1.807, 2.05) is 24.3 Å². The maximum Gasteiger partial charge on any atom is 0.270 e. The lowest BCUT2D eigenvalue weighted by Gasteiger charge is -2.07. The number of rotatable bonds is 5. The van der Waals surface area contributed by atoms with E-state index in [-0.39, 0.29) is 5.91 Å². The lowest BCUT2D eigenvalue weighted by molar-refractivity contribution is 0.0946. The molecule has 1 saturated carbocycles. The maximum absolute atomic E-state index is 12.0. The number of carbonyl (C=O) groups is 1. The topological polar surface area (TPSA) is 54.0 Å². The fraction of sp³-hybridized carbons (Fsp3) is 0.250. The van der Waals surface area contributed by atoms with Gasteiger partial charge in [-0.3, -0.25) is 4.79 Å². The zero-order chi connectivity index (χ0) is 14.7. The summed E-state index contributed by atoms with van der Waals surface area (Å²) >= 11 is 6.05. The van der Waals surface area contributed by atoms with Crippen molar-refractivity contribution in [2.75, 3.05) is 5.32 Å². The van der Waals surface area contributed by atoms with Crippen molar-refractivity contribution in [3.8, 4) is 0 Å². The van der Waals surface area contributed by atoms with E-state index in [9.17, 15) is 4.79 Å². The molecule has 1 aromatic carbocycles. The van der Waals surface area contributed by atoms with E-state index in [1.54, 1.807) is 18.3 Å². The number of benzene rings is 1. The largest absolute Gasteiger partial charge is 0.381 e. The molecule has 1 fully saturated rings. The summed E-state index contributed by atoms with van der Waals surface area (Å²) in [5, 5.41) is 6.81. The van der Waals surface area contributed by atoms with Crippen LogP contribution in [0.5, 0.6) is 0 Å². The van der Waals surface area contributed by atoms with Gasteiger partial charge in [0.1, 0.15) is 5.69 Å². The summed E-state index contributed by atoms with van der Waals surface area (Å²) in [6, 6.07) is 11.6. The van der Waals surface area contributed by atoms with Gasteiger partial charge in [0.25, 0.3) is 5.91 Å². The van der Waals surface area contributed by atoms with Gasteiger partial charge in [-0.05, 0) is 36.6 Å². The van der Waals surface area contributed by atoms with Gasteiger partial charge in [0.15, 0.2) is 0 Å². The van der Waals surface area contributed by atoms with Crippen LogP contribution in [0.4, 0.5) is 5.69 Å². The van der Waals surface area contributed by atoms with Gasteiger partial charge in [-0.25, -0.2) is 4.98 Å². The van der Waals surface area contributed by atoms with Gasteiger partial charge in [-0.15, -0.1) is 0 Å². The van der Waals surface area contributed by atoms with Crippen LogP contribution in [0.1, 0.15) is 28.9 Å². The molecule has 3 rings (SSSR count). The lowest BCUT2D eigenvalue weighted by atomic mass is 10.2. The van der Waals surface area contributed by atoms with Gasteiger partial charge in [0.05, 0.1) is 11.9 Å². The predicted molar refractivity (Wildman–Crippen MR) is 83.5 cm³/mol. The van der Waals surface area contributed by atoms with Crippen LogP contribution in [0, 0.1) is 0 Å². The summed E-state index contributed by atoms with van der Waals surface area (Å²) in [5.74, 6) is -0.201. The van der Waals surface area contributed by atoms with Crippen molar-refractivity contribution in [2.45, 2.75) is 25.4 Å². The molecule has 5 heteroatoms. The molecule has 0 radical (unpaired) electrons. The minimum atomic E-state index is -0.201. The highest BCUT2D eigenvalue weighted by atomic mass is 35.5. The Bertz CT molecular complexity index is 638. The van der Waals surface area contributed by atoms with Gasteiger partial charge in [0.2, 0.25) is 0 Å². The van der Waals surface area contributed by atoms with Gasteiger partial charge in [-0.1, -0.05) is 29.8 Å². The number of hydrogen-bond donors (Lipinski definition) is 2. The molecule has 108 valence electrons. The molecule has 0 bridgehead atoms. The number of halogens is 1. The molecular formula is C16H16ClN3O. The second kappa shape index (κ2) is 6.14. The molecule has 0 saturated heterocycles. The van der Waals surface area contributed by atoms with Crippen LogP contribution < -0.4 is 10.6 Å². The first kappa shape index (κ1) is 13.9. The van der Waals surface area contributed by atoms with Crippen LogP contribution in [-0.4, -0.2) is 16.9 Å². The Kier molecular flexibility index (Phi) is 4.06. The van der Waals surface area contributed by atoms with E-state index in [1.165, 1.54) is 12.8 Å². The highest BCUT2D eigenvalue weighted by molar-refractivity contribution is 6.31. The molecule has 2 N–H and O–H groups in total. The monoisotopic (exact) mass is 301 g/mol. The van der Waals surface area contributed by atoms with Crippen molar-refractivity contribution in [3.05, 3.63) is 58.9 Å². The molecule has 2 aromatic rings. The summed E-state index contributed by atoms with van der Waals surface area (Å²) in [4.78, 5) is 16.2. The minimum absolute atomic E-state index is 0.201. The van der Waals surface area contributed by atoms with Crippen LogP contribution >= 0.6 is 11.6 Å². The first-order valence-corrected chi connectivity index (χ1v) is 7.34. The summed E-state index contributed by atoms with van der Waals surface area (Å²) in [6.07, 6.45) is 4.11. The standard InChI is InChI=1S/C16H16ClN3O/c17-14-4-2-1-3-11(14)9-19-16(21)15-8-7-13(10-18-15)20-12-5-6-12/h1-4,7-8,10,12,20H,5-6,9H2,(H,19,21). The highest BCUT2D eigenvalue weighted by Crippen LogP contribution is 2.24. The van der Waals surface area contributed by atoms with E-state index >= 15 is 0 Å². The van der Waals surface area contributed by atoms with Crippen molar-refractivity contribution in [1.82, 2.24) is 10.3 Å². The Morgan fingerprint density at radius 1 is 1.24 bits per heavy atom. The second-order valence-electron chi connectivity index (χ2n) is 5.12. The van der Waals surface area contributed by atoms with Crippen molar-refractivity contribution in [2.24, 2.45) is 0 Å². The number of amides is 1. The molecule has 0 aliphatic heterocycles. The molecule has 1 heterocycles. The number of aromatic nitrogens is 1. The van der Waals surface area contributed by atoms with Crippen molar-refractivity contribution in [1.29, 1.82) is 0 Å². The number of nitrogens with one attached hydrogen (secondary N) is 2. The third kappa shape index (κ3) is 3.73. The molecule has 4 nitrogen and oxygen atoms in total. The van der Waals surface area contributed by atoms with Crippen molar-refractivity contribution in [3.63, 3.8) is 0 Å². The number of pyridine rings is 1. The quantitative estimate of drug-likeness (QED) is 0.891.